The molecule has 1 unspecified atom stereocenters. The number of piperidine rings is 1. The molecule has 0 saturated carbocycles. The molecule has 0 bridgehead atoms. The lowest BCUT2D eigenvalue weighted by molar-refractivity contribution is -0.384. The van der Waals surface area contributed by atoms with E-state index in [1.165, 1.54) is 25.8 Å². The number of fused-ring (bicyclic) bond motifs is 1. The standard InChI is InChI=1S/C17H26N4O2/c1-13-5-2-3-11-20(13)12-4-9-19-17-14-8-10-18-15(14)6-7-16(17)21(22)23/h6-7,13,18-19H,2-5,8-12H2,1H3. The van der Waals surface area contributed by atoms with Crippen molar-refractivity contribution in [2.24, 2.45) is 0 Å². The number of nitro groups is 1. The highest BCUT2D eigenvalue weighted by molar-refractivity contribution is 5.77. The number of nitrogens with zero attached hydrogens (tertiary/aromatic N) is 2. The first-order valence-electron chi connectivity index (χ1n) is 8.69. The van der Waals surface area contributed by atoms with Gasteiger partial charge in [-0.15, -0.1) is 0 Å². The van der Waals surface area contributed by atoms with Crippen LogP contribution in [0.15, 0.2) is 12.1 Å². The minimum Gasteiger partial charge on any atom is -0.384 e. The van der Waals surface area contributed by atoms with Gasteiger partial charge in [0.05, 0.1) is 4.92 Å². The lowest BCUT2D eigenvalue weighted by atomic mass is 10.0. The van der Waals surface area contributed by atoms with E-state index in [1.807, 2.05) is 6.07 Å². The highest BCUT2D eigenvalue weighted by Crippen LogP contribution is 2.36. The van der Waals surface area contributed by atoms with E-state index < -0.39 is 0 Å². The third-order valence-electron chi connectivity index (χ3n) is 5.04. The van der Waals surface area contributed by atoms with Crippen LogP contribution in [0, 0.1) is 10.1 Å². The van der Waals surface area contributed by atoms with E-state index >= 15 is 0 Å². The Labute approximate surface area is 137 Å². The Kier molecular flexibility index (Phi) is 5.00. The summed E-state index contributed by atoms with van der Waals surface area (Å²) in [5, 5.41) is 17.9. The van der Waals surface area contributed by atoms with Crippen molar-refractivity contribution in [3.63, 3.8) is 0 Å². The van der Waals surface area contributed by atoms with Gasteiger partial charge in [0.15, 0.2) is 0 Å². The Balaban J connectivity index is 1.59. The molecule has 23 heavy (non-hydrogen) atoms. The fourth-order valence-corrected chi connectivity index (χ4v) is 3.72. The Morgan fingerprint density at radius 1 is 1.43 bits per heavy atom. The van der Waals surface area contributed by atoms with Crippen LogP contribution >= 0.6 is 0 Å². The summed E-state index contributed by atoms with van der Waals surface area (Å²) in [4.78, 5) is 13.5. The highest BCUT2D eigenvalue weighted by Gasteiger charge is 2.23. The summed E-state index contributed by atoms with van der Waals surface area (Å²) in [5.41, 5.74) is 3.00. The maximum absolute atomic E-state index is 11.3. The molecule has 1 aromatic carbocycles. The zero-order valence-electron chi connectivity index (χ0n) is 13.8. The SMILES string of the molecule is CC1CCCCN1CCCNc1c([N+](=O)[O-])ccc2c1CCN2. The van der Waals surface area contributed by atoms with Gasteiger partial charge in [0.25, 0.3) is 5.69 Å². The van der Waals surface area contributed by atoms with Crippen molar-refractivity contribution in [1.82, 2.24) is 4.90 Å². The zero-order chi connectivity index (χ0) is 16.2. The van der Waals surface area contributed by atoms with E-state index in [-0.39, 0.29) is 10.6 Å². The predicted octanol–water partition coefficient (Wildman–Crippen LogP) is 3.24. The maximum atomic E-state index is 11.3. The van der Waals surface area contributed by atoms with Crippen LogP contribution < -0.4 is 10.6 Å². The average Bonchev–Trinajstić information content (AvgIpc) is 3.01. The van der Waals surface area contributed by atoms with Crippen LogP contribution in [0.4, 0.5) is 17.1 Å². The van der Waals surface area contributed by atoms with Crippen molar-refractivity contribution in [1.29, 1.82) is 0 Å². The zero-order valence-corrected chi connectivity index (χ0v) is 13.8. The molecule has 6 heteroatoms. The van der Waals surface area contributed by atoms with E-state index in [1.54, 1.807) is 6.07 Å². The van der Waals surface area contributed by atoms with Crippen molar-refractivity contribution in [2.45, 2.75) is 45.1 Å². The number of rotatable bonds is 6. The Morgan fingerprint density at radius 2 is 2.30 bits per heavy atom. The molecule has 1 aromatic rings. The van der Waals surface area contributed by atoms with E-state index in [9.17, 15) is 10.1 Å². The molecule has 1 atom stereocenters. The fraction of sp³-hybridized carbons (Fsp3) is 0.647. The Bertz CT molecular complexity index is 576. The number of nitro benzene ring substituents is 1. The van der Waals surface area contributed by atoms with Gasteiger partial charge in [0, 0.05) is 43.0 Å². The Morgan fingerprint density at radius 3 is 3.09 bits per heavy atom. The lowest BCUT2D eigenvalue weighted by Gasteiger charge is -2.33. The summed E-state index contributed by atoms with van der Waals surface area (Å²) >= 11 is 0. The molecule has 0 spiro atoms. The topological polar surface area (TPSA) is 70.4 Å². The van der Waals surface area contributed by atoms with Crippen LogP contribution in [0.5, 0.6) is 0 Å². The summed E-state index contributed by atoms with van der Waals surface area (Å²) < 4.78 is 0. The molecule has 0 amide bonds. The van der Waals surface area contributed by atoms with Crippen LogP contribution in [0.1, 0.15) is 38.2 Å². The quantitative estimate of drug-likeness (QED) is 0.479. The molecule has 2 aliphatic heterocycles. The van der Waals surface area contributed by atoms with Crippen molar-refractivity contribution in [3.05, 3.63) is 27.8 Å². The van der Waals surface area contributed by atoms with Gasteiger partial charge in [0.1, 0.15) is 5.69 Å². The molecular weight excluding hydrogens is 292 g/mol. The molecule has 1 fully saturated rings. The van der Waals surface area contributed by atoms with Crippen LogP contribution in [0.3, 0.4) is 0 Å². The summed E-state index contributed by atoms with van der Waals surface area (Å²) in [5.74, 6) is 0. The number of hydrogen-bond donors (Lipinski definition) is 2. The van der Waals surface area contributed by atoms with Gasteiger partial charge in [-0.3, -0.25) is 10.1 Å². The first-order valence-corrected chi connectivity index (χ1v) is 8.69. The second-order valence-corrected chi connectivity index (χ2v) is 6.58. The number of anilines is 2. The normalized spacial score (nSPS) is 20.8. The molecule has 0 aliphatic carbocycles. The summed E-state index contributed by atoms with van der Waals surface area (Å²) in [7, 11) is 0. The van der Waals surface area contributed by atoms with Crippen LogP contribution in [0.2, 0.25) is 0 Å². The van der Waals surface area contributed by atoms with Crippen molar-refractivity contribution in [3.8, 4) is 0 Å². The van der Waals surface area contributed by atoms with E-state index in [2.05, 4.69) is 22.5 Å². The van der Waals surface area contributed by atoms with Gasteiger partial charge in [0.2, 0.25) is 0 Å². The molecule has 1 saturated heterocycles. The summed E-state index contributed by atoms with van der Waals surface area (Å²) in [6.45, 7) is 6.19. The van der Waals surface area contributed by atoms with E-state index in [0.29, 0.717) is 11.7 Å². The van der Waals surface area contributed by atoms with E-state index in [4.69, 9.17) is 0 Å². The molecular formula is C17H26N4O2. The third-order valence-corrected chi connectivity index (χ3v) is 5.04. The van der Waals surface area contributed by atoms with Gasteiger partial charge >= 0.3 is 0 Å². The molecule has 0 aromatic heterocycles. The van der Waals surface area contributed by atoms with E-state index in [0.717, 1.165) is 43.7 Å². The highest BCUT2D eigenvalue weighted by atomic mass is 16.6. The predicted molar refractivity (Wildman–Crippen MR) is 93.3 cm³/mol. The van der Waals surface area contributed by atoms with Gasteiger partial charge < -0.3 is 15.5 Å². The first-order chi connectivity index (χ1) is 11.2. The fourth-order valence-electron chi connectivity index (χ4n) is 3.72. The second-order valence-electron chi connectivity index (χ2n) is 6.58. The molecule has 2 heterocycles. The number of benzene rings is 1. The van der Waals surface area contributed by atoms with Crippen LogP contribution in [-0.2, 0) is 6.42 Å². The molecule has 0 radical (unpaired) electrons. The second kappa shape index (κ2) is 7.17. The van der Waals surface area contributed by atoms with Crippen LogP contribution in [0.25, 0.3) is 0 Å². The van der Waals surface area contributed by atoms with Crippen molar-refractivity contribution < 1.29 is 4.92 Å². The van der Waals surface area contributed by atoms with Gasteiger partial charge in [-0.1, -0.05) is 6.42 Å². The average molecular weight is 318 g/mol. The number of likely N-dealkylation sites (tertiary alicyclic amines) is 1. The van der Waals surface area contributed by atoms with Crippen molar-refractivity contribution >= 4 is 17.1 Å². The maximum Gasteiger partial charge on any atom is 0.292 e. The minimum absolute atomic E-state index is 0.193. The first kappa shape index (κ1) is 16.1. The third kappa shape index (κ3) is 3.58. The molecule has 2 aliphatic rings. The number of nitrogens with one attached hydrogen (secondary N) is 2. The monoisotopic (exact) mass is 318 g/mol. The number of hydrogen-bond acceptors (Lipinski definition) is 5. The minimum atomic E-state index is -0.284. The van der Waals surface area contributed by atoms with Gasteiger partial charge in [-0.25, -0.2) is 0 Å². The van der Waals surface area contributed by atoms with Crippen LogP contribution in [-0.4, -0.2) is 42.0 Å². The molecule has 2 N–H and O–H groups in total. The molecule has 3 rings (SSSR count). The van der Waals surface area contributed by atoms with Crippen molar-refractivity contribution in [2.75, 3.05) is 36.8 Å². The van der Waals surface area contributed by atoms with Gasteiger partial charge in [-0.2, -0.15) is 0 Å². The smallest absolute Gasteiger partial charge is 0.292 e. The molecule has 6 nitrogen and oxygen atoms in total. The summed E-state index contributed by atoms with van der Waals surface area (Å²) in [6, 6.07) is 4.09. The largest absolute Gasteiger partial charge is 0.384 e. The summed E-state index contributed by atoms with van der Waals surface area (Å²) in [6.07, 6.45) is 5.78. The Hall–Kier alpha value is -1.82. The van der Waals surface area contributed by atoms with Gasteiger partial charge in [-0.05, 0) is 45.2 Å². The molecule has 126 valence electrons. The lowest BCUT2D eigenvalue weighted by Crippen LogP contribution is -2.38.